The number of piperidine rings is 1. The summed E-state index contributed by atoms with van der Waals surface area (Å²) in [5.41, 5.74) is 0.514. The van der Waals surface area contributed by atoms with Crippen LogP contribution in [0, 0.1) is 6.92 Å². The molecule has 0 saturated carbocycles. The van der Waals surface area contributed by atoms with Crippen molar-refractivity contribution < 1.29 is 34.2 Å². The maximum atomic E-state index is 12.9. The van der Waals surface area contributed by atoms with E-state index in [2.05, 4.69) is 4.98 Å². The molecule has 0 amide bonds. The van der Waals surface area contributed by atoms with Crippen LogP contribution in [0.15, 0.2) is 47.6 Å². The van der Waals surface area contributed by atoms with Crippen LogP contribution in [-0.4, -0.2) is 51.6 Å². The molecule has 12 heteroatoms. The van der Waals surface area contributed by atoms with Crippen LogP contribution in [0.5, 0.6) is 0 Å². The van der Waals surface area contributed by atoms with E-state index in [9.17, 15) is 30.0 Å². The van der Waals surface area contributed by atoms with Crippen molar-refractivity contribution in [2.24, 2.45) is 0 Å². The largest absolute Gasteiger partial charge is 0.417 e. The molecule has 2 heterocycles. The number of aryl methyl sites for hydroxylation is 1. The first-order valence-electron chi connectivity index (χ1n) is 10.3. The molecule has 1 fully saturated rings. The molecular weight excluding hydrogens is 481 g/mol. The lowest BCUT2D eigenvalue weighted by atomic mass is 9.90. The molecule has 0 aliphatic carbocycles. The number of hydrogen-bond donors (Lipinski definition) is 0. The van der Waals surface area contributed by atoms with E-state index in [1.165, 1.54) is 22.6 Å². The lowest BCUT2D eigenvalue weighted by molar-refractivity contribution is -0.137. The highest BCUT2D eigenvalue weighted by Gasteiger charge is 2.33. The summed E-state index contributed by atoms with van der Waals surface area (Å²) in [5, 5.41) is 0. The second-order valence-electron chi connectivity index (χ2n) is 7.94. The van der Waals surface area contributed by atoms with Crippen molar-refractivity contribution >= 4 is 20.1 Å². The van der Waals surface area contributed by atoms with E-state index in [0.29, 0.717) is 18.4 Å². The van der Waals surface area contributed by atoms with Gasteiger partial charge in [0.1, 0.15) is 0 Å². The van der Waals surface area contributed by atoms with Gasteiger partial charge in [-0.3, -0.25) is 9.17 Å². The van der Waals surface area contributed by atoms with Crippen molar-refractivity contribution in [3.05, 3.63) is 59.4 Å². The van der Waals surface area contributed by atoms with Crippen LogP contribution >= 0.6 is 0 Å². The summed E-state index contributed by atoms with van der Waals surface area (Å²) in [6, 6.07) is 7.18. The average Bonchev–Trinajstić information content (AvgIpc) is 2.77. The number of halogens is 3. The summed E-state index contributed by atoms with van der Waals surface area (Å²) in [6.07, 6.45) is -1.59. The Morgan fingerprint density at radius 2 is 1.70 bits per heavy atom. The molecule has 0 spiro atoms. The first kappa shape index (κ1) is 25.6. The Kier molecular flexibility index (Phi) is 7.82. The Bertz CT molecular complexity index is 1160. The van der Waals surface area contributed by atoms with E-state index in [-0.39, 0.29) is 42.7 Å². The third kappa shape index (κ3) is 6.75. The molecule has 1 saturated heterocycles. The van der Waals surface area contributed by atoms with Crippen LogP contribution < -0.4 is 0 Å². The minimum Gasteiger partial charge on any atom is -0.266 e. The van der Waals surface area contributed by atoms with Crippen molar-refractivity contribution in [1.29, 1.82) is 0 Å². The van der Waals surface area contributed by atoms with Gasteiger partial charge in [-0.1, -0.05) is 17.7 Å². The first-order valence-corrected chi connectivity index (χ1v) is 13.4. The third-order valence-electron chi connectivity index (χ3n) is 5.50. The highest BCUT2D eigenvalue weighted by Crippen LogP contribution is 2.34. The number of alkyl halides is 3. The molecule has 0 atom stereocenters. The summed E-state index contributed by atoms with van der Waals surface area (Å²) >= 11 is 0. The summed E-state index contributed by atoms with van der Waals surface area (Å²) in [5.74, 6) is -0.499. The van der Waals surface area contributed by atoms with Crippen LogP contribution in [0.2, 0.25) is 0 Å². The predicted molar refractivity (Wildman–Crippen MR) is 116 cm³/mol. The number of sulfonamides is 1. The van der Waals surface area contributed by atoms with Gasteiger partial charge in [-0.05, 0) is 55.9 Å². The zero-order chi connectivity index (χ0) is 24.3. The normalized spacial score (nSPS) is 16.7. The van der Waals surface area contributed by atoms with Gasteiger partial charge in [-0.25, -0.2) is 12.7 Å². The molecule has 0 N–H and O–H groups in total. The molecule has 1 aromatic heterocycles. The molecule has 7 nitrogen and oxygen atoms in total. The van der Waals surface area contributed by atoms with E-state index in [0.717, 1.165) is 17.8 Å². The SMILES string of the molecule is Cc1ccc(S(=O)(=O)OCCCS(=O)(=O)N2CCC(c3cncc(C(F)(F)F)c3)CC2)cc1. The molecule has 33 heavy (non-hydrogen) atoms. The fourth-order valence-corrected chi connectivity index (χ4v) is 6.07. The Labute approximate surface area is 191 Å². The fourth-order valence-electron chi connectivity index (χ4n) is 3.62. The molecule has 0 bridgehead atoms. The van der Waals surface area contributed by atoms with Crippen LogP contribution in [-0.2, 0) is 30.5 Å². The maximum absolute atomic E-state index is 12.9. The lowest BCUT2D eigenvalue weighted by Crippen LogP contribution is -2.39. The monoisotopic (exact) mass is 506 g/mol. The average molecular weight is 507 g/mol. The van der Waals surface area contributed by atoms with Gasteiger partial charge in [0.2, 0.25) is 10.0 Å². The van der Waals surface area contributed by atoms with Crippen LogP contribution in [0.4, 0.5) is 13.2 Å². The minimum atomic E-state index is -4.48. The van der Waals surface area contributed by atoms with Gasteiger partial charge in [0.25, 0.3) is 10.1 Å². The predicted octanol–water partition coefficient (Wildman–Crippen LogP) is 3.71. The molecular formula is C21H25F3N2O5S2. The molecule has 1 aromatic carbocycles. The maximum Gasteiger partial charge on any atom is 0.417 e. The van der Waals surface area contributed by atoms with Gasteiger partial charge >= 0.3 is 6.18 Å². The lowest BCUT2D eigenvalue weighted by Gasteiger charge is -2.31. The second kappa shape index (κ2) is 10.1. The molecule has 0 unspecified atom stereocenters. The summed E-state index contributed by atoms with van der Waals surface area (Å²) < 4.78 is 94.5. The number of aromatic nitrogens is 1. The van der Waals surface area contributed by atoms with E-state index >= 15 is 0 Å². The second-order valence-corrected chi connectivity index (χ2v) is 11.6. The number of hydrogen-bond acceptors (Lipinski definition) is 6. The van der Waals surface area contributed by atoms with Gasteiger partial charge in [0, 0.05) is 25.5 Å². The van der Waals surface area contributed by atoms with Crippen LogP contribution in [0.3, 0.4) is 0 Å². The topological polar surface area (TPSA) is 93.6 Å². The van der Waals surface area contributed by atoms with Gasteiger partial charge in [0.05, 0.1) is 22.8 Å². The van der Waals surface area contributed by atoms with Gasteiger partial charge in [-0.2, -0.15) is 21.6 Å². The van der Waals surface area contributed by atoms with Crippen molar-refractivity contribution in [2.75, 3.05) is 25.4 Å². The number of rotatable bonds is 8. The number of nitrogens with zero attached hydrogens (tertiary/aromatic N) is 2. The standard InChI is InChI=1S/C21H25F3N2O5S2/c1-16-3-5-20(6-4-16)33(29,30)31-11-2-12-32(27,28)26-9-7-17(8-10-26)18-13-19(15-25-14-18)21(22,23)24/h3-6,13-15,17H,2,7-12H2,1H3. The molecule has 1 aliphatic rings. The van der Waals surface area contributed by atoms with E-state index in [4.69, 9.17) is 4.18 Å². The zero-order valence-electron chi connectivity index (χ0n) is 18.0. The highest BCUT2D eigenvalue weighted by atomic mass is 32.2. The molecule has 0 radical (unpaired) electrons. The van der Waals surface area contributed by atoms with Crippen molar-refractivity contribution in [3.63, 3.8) is 0 Å². The summed E-state index contributed by atoms with van der Waals surface area (Å²) in [7, 11) is -7.61. The van der Waals surface area contributed by atoms with E-state index in [1.807, 2.05) is 6.92 Å². The minimum absolute atomic E-state index is 0.00196. The number of benzene rings is 1. The highest BCUT2D eigenvalue weighted by molar-refractivity contribution is 7.89. The molecule has 3 rings (SSSR count). The Morgan fingerprint density at radius 3 is 2.30 bits per heavy atom. The van der Waals surface area contributed by atoms with E-state index < -0.39 is 31.9 Å². The summed E-state index contributed by atoms with van der Waals surface area (Å²) in [6.45, 7) is 1.89. The molecule has 1 aliphatic heterocycles. The van der Waals surface area contributed by atoms with Crippen molar-refractivity contribution in [2.45, 2.75) is 43.2 Å². The molecule has 2 aromatic rings. The Morgan fingerprint density at radius 1 is 1.06 bits per heavy atom. The molecule has 182 valence electrons. The quantitative estimate of drug-likeness (QED) is 0.400. The van der Waals surface area contributed by atoms with Crippen molar-refractivity contribution in [3.8, 4) is 0 Å². The Balaban J connectivity index is 1.49. The van der Waals surface area contributed by atoms with Gasteiger partial charge in [-0.15, -0.1) is 0 Å². The first-order chi connectivity index (χ1) is 15.4. The van der Waals surface area contributed by atoms with Gasteiger partial charge < -0.3 is 0 Å². The van der Waals surface area contributed by atoms with Crippen LogP contribution in [0.1, 0.15) is 41.9 Å². The Hall–Kier alpha value is -2.02. The van der Waals surface area contributed by atoms with E-state index in [1.54, 1.807) is 12.1 Å². The van der Waals surface area contributed by atoms with Gasteiger partial charge in [0.15, 0.2) is 0 Å². The zero-order valence-corrected chi connectivity index (χ0v) is 19.6. The number of pyridine rings is 1. The smallest absolute Gasteiger partial charge is 0.266 e. The van der Waals surface area contributed by atoms with Crippen molar-refractivity contribution in [1.82, 2.24) is 9.29 Å². The summed E-state index contributed by atoms with van der Waals surface area (Å²) in [4.78, 5) is 3.68. The van der Waals surface area contributed by atoms with Crippen LogP contribution in [0.25, 0.3) is 0 Å². The third-order valence-corrected chi connectivity index (χ3v) is 8.78. The fraction of sp³-hybridized carbons (Fsp3) is 0.476.